The summed E-state index contributed by atoms with van der Waals surface area (Å²) < 4.78 is 5.31. The van der Waals surface area contributed by atoms with Crippen LogP contribution in [0.5, 0.6) is 0 Å². The molecule has 1 aliphatic rings. The molecule has 1 N–H and O–H groups in total. The normalized spacial score (nSPS) is 15.7. The Morgan fingerprint density at radius 1 is 1.32 bits per heavy atom. The van der Waals surface area contributed by atoms with Crippen molar-refractivity contribution >= 4 is 51.9 Å². The number of thiocarbonyl (C=S) groups is 1. The number of carbonyl (C=O) groups excluding carboxylic acids is 2. The van der Waals surface area contributed by atoms with E-state index >= 15 is 0 Å². The highest BCUT2D eigenvalue weighted by Crippen LogP contribution is 2.31. The average molecular weight is 375 g/mol. The van der Waals surface area contributed by atoms with E-state index in [0.29, 0.717) is 10.7 Å². The molecule has 8 nitrogen and oxygen atoms in total. The van der Waals surface area contributed by atoms with Crippen LogP contribution in [0.3, 0.4) is 0 Å². The summed E-state index contributed by atoms with van der Waals surface area (Å²) in [7, 11) is 0. The Kier molecular flexibility index (Phi) is 4.63. The molecule has 10 heteroatoms. The van der Waals surface area contributed by atoms with Gasteiger partial charge in [0.05, 0.1) is 16.1 Å². The highest BCUT2D eigenvalue weighted by molar-refractivity contribution is 8.26. The maximum absolute atomic E-state index is 12.4. The molecule has 0 spiro atoms. The Morgan fingerprint density at radius 2 is 2.04 bits per heavy atom. The number of thioether (sulfide) groups is 1. The van der Waals surface area contributed by atoms with Crippen molar-refractivity contribution in [1.82, 2.24) is 10.4 Å². The minimum atomic E-state index is -0.606. The summed E-state index contributed by atoms with van der Waals surface area (Å²) in [5, 5.41) is 11.6. The van der Waals surface area contributed by atoms with E-state index in [1.165, 1.54) is 36.6 Å². The number of hydrogen-bond donors (Lipinski definition) is 1. The maximum atomic E-state index is 12.4. The highest BCUT2D eigenvalue weighted by Gasteiger charge is 2.34. The number of hydrazine groups is 1. The molecule has 2 aromatic rings. The number of rotatable bonds is 4. The Morgan fingerprint density at radius 3 is 2.64 bits per heavy atom. The minimum Gasteiger partial charge on any atom is -0.465 e. The van der Waals surface area contributed by atoms with Crippen LogP contribution in [0.1, 0.15) is 16.1 Å². The zero-order chi connectivity index (χ0) is 18.0. The van der Waals surface area contributed by atoms with Crippen molar-refractivity contribution < 1.29 is 18.9 Å². The van der Waals surface area contributed by atoms with E-state index in [2.05, 4.69) is 5.43 Å². The van der Waals surface area contributed by atoms with Crippen molar-refractivity contribution in [3.05, 3.63) is 69.0 Å². The van der Waals surface area contributed by atoms with Gasteiger partial charge in [0.2, 0.25) is 0 Å². The van der Waals surface area contributed by atoms with E-state index < -0.39 is 16.7 Å². The molecule has 1 aromatic carbocycles. The van der Waals surface area contributed by atoms with E-state index in [4.69, 9.17) is 16.6 Å². The molecule has 1 saturated heterocycles. The van der Waals surface area contributed by atoms with Crippen LogP contribution in [0.2, 0.25) is 0 Å². The van der Waals surface area contributed by atoms with Crippen LogP contribution < -0.4 is 5.43 Å². The zero-order valence-electron chi connectivity index (χ0n) is 12.4. The SMILES string of the molecule is O=C(NN1C(=O)/C(=C/c2ccco2)SC1=S)c1ccc([N+](=O)[O-])cc1. The van der Waals surface area contributed by atoms with Gasteiger partial charge < -0.3 is 4.42 Å². The molecule has 1 aliphatic heterocycles. The summed E-state index contributed by atoms with van der Waals surface area (Å²) in [6.45, 7) is 0. The lowest BCUT2D eigenvalue weighted by molar-refractivity contribution is -0.384. The third kappa shape index (κ3) is 3.59. The van der Waals surface area contributed by atoms with Crippen molar-refractivity contribution in [2.75, 3.05) is 0 Å². The minimum absolute atomic E-state index is 0.136. The summed E-state index contributed by atoms with van der Waals surface area (Å²) in [4.78, 5) is 34.9. The molecule has 0 aliphatic carbocycles. The number of carbonyl (C=O) groups is 2. The van der Waals surface area contributed by atoms with Gasteiger partial charge in [-0.1, -0.05) is 11.8 Å². The topological polar surface area (TPSA) is 106 Å². The van der Waals surface area contributed by atoms with Crippen molar-refractivity contribution in [1.29, 1.82) is 0 Å². The van der Waals surface area contributed by atoms with E-state index in [-0.39, 0.29) is 15.6 Å². The molecular formula is C15H9N3O5S2. The van der Waals surface area contributed by atoms with Gasteiger partial charge in [-0.3, -0.25) is 25.1 Å². The first-order valence-corrected chi connectivity index (χ1v) is 8.05. The fourth-order valence-corrected chi connectivity index (χ4v) is 3.13. The van der Waals surface area contributed by atoms with Crippen LogP contribution in [-0.2, 0) is 4.79 Å². The fraction of sp³-hybridized carbons (Fsp3) is 0. The third-order valence-corrected chi connectivity index (χ3v) is 4.47. The smallest absolute Gasteiger partial charge is 0.285 e. The number of non-ortho nitro benzene ring substituents is 1. The number of nitro groups is 1. The standard InChI is InChI=1S/C15H9N3O5S2/c19-13(9-3-5-10(6-4-9)18(21)22)16-17-14(20)12(25-15(17)24)8-11-2-1-7-23-11/h1-8H,(H,16,19)/b12-8-. The monoisotopic (exact) mass is 375 g/mol. The van der Waals surface area contributed by atoms with Crippen molar-refractivity contribution in [3.63, 3.8) is 0 Å². The van der Waals surface area contributed by atoms with Gasteiger partial charge in [-0.15, -0.1) is 0 Å². The number of furan rings is 1. The molecule has 25 heavy (non-hydrogen) atoms. The van der Waals surface area contributed by atoms with Gasteiger partial charge in [-0.2, -0.15) is 5.01 Å². The number of hydrogen-bond acceptors (Lipinski definition) is 7. The van der Waals surface area contributed by atoms with Gasteiger partial charge in [-0.05, 0) is 36.5 Å². The number of benzene rings is 1. The van der Waals surface area contributed by atoms with Gasteiger partial charge >= 0.3 is 0 Å². The first-order valence-electron chi connectivity index (χ1n) is 6.82. The molecular weight excluding hydrogens is 366 g/mol. The molecule has 126 valence electrons. The van der Waals surface area contributed by atoms with Gasteiger partial charge in [0.15, 0.2) is 4.32 Å². The molecule has 1 fully saturated rings. The molecule has 1 aromatic heterocycles. The molecule has 0 atom stereocenters. The van der Waals surface area contributed by atoms with E-state index in [0.717, 1.165) is 16.8 Å². The molecule has 0 saturated carbocycles. The molecule has 0 bridgehead atoms. The third-order valence-electron chi connectivity index (χ3n) is 3.16. The molecule has 3 rings (SSSR count). The lowest BCUT2D eigenvalue weighted by atomic mass is 10.2. The molecule has 0 unspecified atom stereocenters. The number of nitrogens with zero attached hydrogens (tertiary/aromatic N) is 2. The van der Waals surface area contributed by atoms with E-state index in [1.54, 1.807) is 12.1 Å². The maximum Gasteiger partial charge on any atom is 0.285 e. The van der Waals surface area contributed by atoms with Crippen LogP contribution in [-0.4, -0.2) is 26.1 Å². The van der Waals surface area contributed by atoms with Crippen molar-refractivity contribution in [2.24, 2.45) is 0 Å². The Bertz CT molecular complexity index is 890. The predicted octanol–water partition coefficient (Wildman–Crippen LogP) is 2.73. The van der Waals surface area contributed by atoms with E-state index in [9.17, 15) is 19.7 Å². The van der Waals surface area contributed by atoms with Gasteiger partial charge in [-0.25, -0.2) is 0 Å². The van der Waals surface area contributed by atoms with Crippen LogP contribution in [0.4, 0.5) is 5.69 Å². The Labute approximate surface area is 150 Å². The van der Waals surface area contributed by atoms with Crippen LogP contribution in [0.15, 0.2) is 52.0 Å². The molecule has 2 heterocycles. The highest BCUT2D eigenvalue weighted by atomic mass is 32.2. The second-order valence-corrected chi connectivity index (χ2v) is 6.45. The van der Waals surface area contributed by atoms with Crippen molar-refractivity contribution in [3.8, 4) is 0 Å². The number of amides is 2. The first kappa shape index (κ1) is 16.9. The van der Waals surface area contributed by atoms with Gasteiger partial charge in [0.25, 0.3) is 17.5 Å². The Hall–Kier alpha value is -2.98. The molecule has 0 radical (unpaired) electrons. The quantitative estimate of drug-likeness (QED) is 0.379. The summed E-state index contributed by atoms with van der Waals surface area (Å²) in [6, 6.07) is 8.37. The molecule has 2 amide bonds. The largest absolute Gasteiger partial charge is 0.465 e. The van der Waals surface area contributed by atoms with E-state index in [1.807, 2.05) is 0 Å². The van der Waals surface area contributed by atoms with Crippen LogP contribution in [0, 0.1) is 10.1 Å². The van der Waals surface area contributed by atoms with Gasteiger partial charge in [0, 0.05) is 23.8 Å². The number of nitro benzene ring substituents is 1. The lowest BCUT2D eigenvalue weighted by Gasteiger charge is -2.15. The van der Waals surface area contributed by atoms with Crippen LogP contribution in [0.25, 0.3) is 6.08 Å². The number of nitrogens with one attached hydrogen (secondary N) is 1. The van der Waals surface area contributed by atoms with Crippen LogP contribution >= 0.6 is 24.0 Å². The summed E-state index contributed by atoms with van der Waals surface area (Å²) >= 11 is 6.13. The fourth-order valence-electron chi connectivity index (χ4n) is 1.97. The lowest BCUT2D eigenvalue weighted by Crippen LogP contribution is -2.44. The summed E-state index contributed by atoms with van der Waals surface area (Å²) in [5.41, 5.74) is 2.42. The predicted molar refractivity (Wildman–Crippen MR) is 94.3 cm³/mol. The summed E-state index contributed by atoms with van der Waals surface area (Å²) in [6.07, 6.45) is 3.00. The van der Waals surface area contributed by atoms with Gasteiger partial charge in [0.1, 0.15) is 5.76 Å². The van der Waals surface area contributed by atoms with Crippen molar-refractivity contribution in [2.45, 2.75) is 0 Å². The average Bonchev–Trinajstić information content (AvgIpc) is 3.19. The second-order valence-electron chi connectivity index (χ2n) is 4.78. The summed E-state index contributed by atoms with van der Waals surface area (Å²) in [5.74, 6) is -0.602. The zero-order valence-corrected chi connectivity index (χ0v) is 14.0. The second kappa shape index (κ2) is 6.87. The Balaban J connectivity index is 1.73. The first-order chi connectivity index (χ1) is 12.0.